The summed E-state index contributed by atoms with van der Waals surface area (Å²) in [6.45, 7) is 6.62. The molecule has 0 spiro atoms. The van der Waals surface area contributed by atoms with Gasteiger partial charge in [0.25, 0.3) is 0 Å². The number of hydrogen-bond acceptors (Lipinski definition) is 4. The molecule has 0 aliphatic heterocycles. The molecule has 1 aliphatic carbocycles. The summed E-state index contributed by atoms with van der Waals surface area (Å²) in [6, 6.07) is 20.8. The maximum atomic E-state index is 12.4. The van der Waals surface area contributed by atoms with Gasteiger partial charge in [0.2, 0.25) is 0 Å². The second-order valence-electron chi connectivity index (χ2n) is 9.49. The van der Waals surface area contributed by atoms with Crippen molar-refractivity contribution in [2.24, 2.45) is 0 Å². The highest BCUT2D eigenvalue weighted by Crippen LogP contribution is 2.42. The number of fused-ring (bicyclic) bond motifs is 1. The van der Waals surface area contributed by atoms with Gasteiger partial charge in [0.15, 0.2) is 5.65 Å². The minimum Gasteiger partial charge on any atom is -0.450 e. The molecule has 0 bridgehead atoms. The van der Waals surface area contributed by atoms with E-state index in [-0.39, 0.29) is 11.6 Å². The summed E-state index contributed by atoms with van der Waals surface area (Å²) >= 11 is 0. The first-order chi connectivity index (χ1) is 17.0. The van der Waals surface area contributed by atoms with Crippen LogP contribution in [0.1, 0.15) is 56.0 Å². The molecule has 1 fully saturated rings. The molecule has 2 heterocycles. The van der Waals surface area contributed by atoms with Gasteiger partial charge in [-0.15, -0.1) is 0 Å². The molecule has 5 rings (SSSR count). The molecule has 1 N–H and O–H groups in total. The molecule has 0 saturated heterocycles. The van der Waals surface area contributed by atoms with Crippen molar-refractivity contribution in [1.29, 1.82) is 0 Å². The topological polar surface area (TPSA) is 68.5 Å². The van der Waals surface area contributed by atoms with Gasteiger partial charge in [-0.3, -0.25) is 0 Å². The summed E-state index contributed by atoms with van der Waals surface area (Å²) in [5.74, 6) is 0. The van der Waals surface area contributed by atoms with Crippen molar-refractivity contribution in [1.82, 2.24) is 19.9 Å². The van der Waals surface area contributed by atoms with E-state index in [1.165, 1.54) is 0 Å². The predicted molar refractivity (Wildman–Crippen MR) is 138 cm³/mol. The lowest BCUT2D eigenvalue weighted by atomic mass is 9.71. The fraction of sp³-hybridized carbons (Fsp3) is 0.345. The monoisotopic (exact) mass is 468 g/mol. The first-order valence-corrected chi connectivity index (χ1v) is 12.5. The van der Waals surface area contributed by atoms with E-state index in [0.717, 1.165) is 77.1 Å². The van der Waals surface area contributed by atoms with E-state index in [9.17, 15) is 4.79 Å². The van der Waals surface area contributed by atoms with E-state index in [2.05, 4.69) is 55.6 Å². The summed E-state index contributed by atoms with van der Waals surface area (Å²) in [7, 11) is 0. The number of carbonyl (C=O) groups excluding carboxylic acids is 1. The highest BCUT2D eigenvalue weighted by Gasteiger charge is 2.40. The van der Waals surface area contributed by atoms with Crippen LogP contribution in [0, 0.1) is 13.8 Å². The summed E-state index contributed by atoms with van der Waals surface area (Å²) < 4.78 is 7.31. The molecule has 6 heteroatoms. The van der Waals surface area contributed by atoms with Crippen LogP contribution in [-0.4, -0.2) is 27.3 Å². The second-order valence-corrected chi connectivity index (χ2v) is 9.49. The smallest absolute Gasteiger partial charge is 0.407 e. The number of amides is 1. The Morgan fingerprint density at radius 1 is 1.06 bits per heavy atom. The summed E-state index contributed by atoms with van der Waals surface area (Å²) in [5, 5.41) is 8.13. The van der Waals surface area contributed by atoms with Crippen molar-refractivity contribution in [3.05, 3.63) is 77.6 Å². The van der Waals surface area contributed by atoms with Crippen molar-refractivity contribution in [2.75, 3.05) is 6.61 Å². The van der Waals surface area contributed by atoms with Crippen LogP contribution in [0.2, 0.25) is 0 Å². The maximum Gasteiger partial charge on any atom is 0.407 e. The number of benzene rings is 2. The van der Waals surface area contributed by atoms with Crippen LogP contribution in [0.15, 0.2) is 60.7 Å². The number of nitrogens with zero attached hydrogens (tertiary/aromatic N) is 3. The van der Waals surface area contributed by atoms with Gasteiger partial charge in [0.1, 0.15) is 5.69 Å². The Kier molecular flexibility index (Phi) is 6.29. The van der Waals surface area contributed by atoms with Crippen molar-refractivity contribution in [3.63, 3.8) is 0 Å². The van der Waals surface area contributed by atoms with Crippen LogP contribution in [-0.2, 0) is 10.3 Å². The lowest BCUT2D eigenvalue weighted by Crippen LogP contribution is -2.51. The number of alkyl carbamates (subject to hydrolysis) is 1. The number of carbonyl (C=O) groups is 1. The molecule has 0 radical (unpaired) electrons. The average molecular weight is 469 g/mol. The summed E-state index contributed by atoms with van der Waals surface area (Å²) in [5.41, 5.74) is 7.68. The van der Waals surface area contributed by atoms with Crippen molar-refractivity contribution >= 4 is 11.7 Å². The zero-order valence-electron chi connectivity index (χ0n) is 20.7. The minimum atomic E-state index is -0.349. The SMILES string of the molecule is CCCCOC(=O)NC1(c2ccc(-c3nn4c(C)cc(C)nc4c3-c3ccccc3)cc2)CCC1. The van der Waals surface area contributed by atoms with E-state index >= 15 is 0 Å². The van der Waals surface area contributed by atoms with Gasteiger partial charge in [-0.2, -0.15) is 5.10 Å². The van der Waals surface area contributed by atoms with Crippen LogP contribution in [0.25, 0.3) is 28.0 Å². The molecule has 1 saturated carbocycles. The quantitative estimate of drug-likeness (QED) is 0.311. The lowest BCUT2D eigenvalue weighted by molar-refractivity contribution is 0.110. The Morgan fingerprint density at radius 2 is 1.80 bits per heavy atom. The first kappa shape index (κ1) is 23.1. The van der Waals surface area contributed by atoms with Gasteiger partial charge in [-0.1, -0.05) is 67.9 Å². The molecule has 2 aromatic carbocycles. The zero-order valence-corrected chi connectivity index (χ0v) is 20.7. The van der Waals surface area contributed by atoms with Gasteiger partial charge in [-0.05, 0) is 56.7 Å². The highest BCUT2D eigenvalue weighted by molar-refractivity contribution is 5.90. The molecule has 4 aromatic rings. The molecule has 35 heavy (non-hydrogen) atoms. The molecule has 1 amide bonds. The Labute approximate surface area is 206 Å². The third kappa shape index (κ3) is 4.41. The number of rotatable bonds is 7. The molecule has 180 valence electrons. The fourth-order valence-electron chi connectivity index (χ4n) is 4.90. The first-order valence-electron chi connectivity index (χ1n) is 12.5. The van der Waals surface area contributed by atoms with E-state index < -0.39 is 0 Å². The largest absolute Gasteiger partial charge is 0.450 e. The molecule has 0 atom stereocenters. The number of hydrogen-bond donors (Lipinski definition) is 1. The minimum absolute atomic E-state index is 0.328. The Bertz CT molecular complexity index is 1340. The van der Waals surface area contributed by atoms with Crippen LogP contribution in [0.3, 0.4) is 0 Å². The maximum absolute atomic E-state index is 12.4. The third-order valence-electron chi connectivity index (χ3n) is 6.95. The highest BCUT2D eigenvalue weighted by atomic mass is 16.5. The van der Waals surface area contributed by atoms with Crippen LogP contribution >= 0.6 is 0 Å². The third-order valence-corrected chi connectivity index (χ3v) is 6.95. The van der Waals surface area contributed by atoms with Gasteiger partial charge >= 0.3 is 6.09 Å². The van der Waals surface area contributed by atoms with Gasteiger partial charge in [0, 0.05) is 17.0 Å². The Hall–Kier alpha value is -3.67. The average Bonchev–Trinajstić information content (AvgIpc) is 3.22. The Balaban J connectivity index is 1.51. The van der Waals surface area contributed by atoms with E-state index in [4.69, 9.17) is 14.8 Å². The van der Waals surface area contributed by atoms with Crippen molar-refractivity contribution in [2.45, 2.75) is 58.4 Å². The van der Waals surface area contributed by atoms with E-state index in [1.54, 1.807) is 0 Å². The van der Waals surface area contributed by atoms with Gasteiger partial charge < -0.3 is 10.1 Å². The lowest BCUT2D eigenvalue weighted by Gasteiger charge is -2.42. The standard InChI is InChI=1S/C29H32N4O2/c1-4-5-18-35-28(34)31-29(16-9-17-29)24-14-12-23(13-15-24)26-25(22-10-7-6-8-11-22)27-30-20(2)19-21(3)33(27)32-26/h6-8,10-15,19H,4-5,9,16-18H2,1-3H3,(H,31,34). The molecule has 6 nitrogen and oxygen atoms in total. The van der Waals surface area contributed by atoms with Gasteiger partial charge in [-0.25, -0.2) is 14.3 Å². The van der Waals surface area contributed by atoms with Crippen LogP contribution in [0.5, 0.6) is 0 Å². The van der Waals surface area contributed by atoms with Crippen LogP contribution in [0.4, 0.5) is 4.79 Å². The number of aromatic nitrogens is 3. The molecular formula is C29H32N4O2. The fourth-order valence-corrected chi connectivity index (χ4v) is 4.90. The van der Waals surface area contributed by atoms with E-state index in [1.807, 2.05) is 35.7 Å². The van der Waals surface area contributed by atoms with Crippen LogP contribution < -0.4 is 5.32 Å². The normalized spacial score (nSPS) is 14.5. The molecule has 1 aliphatic rings. The van der Waals surface area contributed by atoms with Gasteiger partial charge in [0.05, 0.1) is 17.7 Å². The van der Waals surface area contributed by atoms with Crippen molar-refractivity contribution < 1.29 is 9.53 Å². The zero-order chi connectivity index (χ0) is 24.4. The van der Waals surface area contributed by atoms with E-state index in [0.29, 0.717) is 6.61 Å². The molecular weight excluding hydrogens is 436 g/mol. The number of unbranched alkanes of at least 4 members (excludes halogenated alkanes) is 1. The predicted octanol–water partition coefficient (Wildman–Crippen LogP) is 6.59. The summed E-state index contributed by atoms with van der Waals surface area (Å²) in [4.78, 5) is 17.2. The molecule has 0 unspecified atom stereocenters. The Morgan fingerprint density at radius 3 is 2.46 bits per heavy atom. The number of aryl methyl sites for hydroxylation is 2. The number of ether oxygens (including phenoxy) is 1. The summed E-state index contributed by atoms with van der Waals surface area (Å²) in [6.07, 6.45) is 4.48. The van der Waals surface area contributed by atoms with Crippen molar-refractivity contribution in [3.8, 4) is 22.4 Å². The number of nitrogens with one attached hydrogen (secondary N) is 1. The molecule has 2 aromatic heterocycles. The second kappa shape index (κ2) is 9.53.